The molecule has 128 valence electrons. The van der Waals surface area contributed by atoms with Crippen molar-refractivity contribution < 1.29 is 0 Å². The average Bonchev–Trinajstić information content (AvgIpc) is 3.08. The van der Waals surface area contributed by atoms with Crippen LogP contribution in [-0.4, -0.2) is 17.4 Å². The summed E-state index contributed by atoms with van der Waals surface area (Å²) < 4.78 is 0. The lowest BCUT2D eigenvalue weighted by Crippen LogP contribution is -2.26. The minimum atomic E-state index is 0.243. The number of nitrogens with zero attached hydrogens (tertiary/aromatic N) is 2. The number of aliphatic imine (C=N–C) groups is 1. The number of aromatic amines is 1. The van der Waals surface area contributed by atoms with Crippen molar-refractivity contribution >= 4 is 22.9 Å². The molecule has 1 N–H and O–H groups in total. The summed E-state index contributed by atoms with van der Waals surface area (Å²) in [7, 11) is 0. The minimum Gasteiger partial charge on any atom is -0.356 e. The molecule has 0 amide bonds. The Balaban J connectivity index is 1.87. The van der Waals surface area contributed by atoms with Gasteiger partial charge >= 0.3 is 0 Å². The molecule has 2 atom stereocenters. The van der Waals surface area contributed by atoms with Gasteiger partial charge in [0.1, 0.15) is 0 Å². The van der Waals surface area contributed by atoms with E-state index in [0.717, 1.165) is 0 Å². The van der Waals surface area contributed by atoms with Crippen LogP contribution in [0.5, 0.6) is 0 Å². The molecule has 3 nitrogen and oxygen atoms in total. The Morgan fingerprint density at radius 3 is 2.56 bits per heavy atom. The van der Waals surface area contributed by atoms with Crippen molar-refractivity contribution in [2.45, 2.75) is 45.7 Å². The number of nitrogens with one attached hydrogen (secondary N) is 1. The fourth-order valence-corrected chi connectivity index (χ4v) is 4.00. The van der Waals surface area contributed by atoms with Crippen LogP contribution >= 0.6 is 0 Å². The Kier molecular flexibility index (Phi) is 3.87. The summed E-state index contributed by atoms with van der Waals surface area (Å²) in [6.07, 6.45) is 2.03. The van der Waals surface area contributed by atoms with Crippen LogP contribution in [0.3, 0.4) is 0 Å². The predicted octanol–water partition coefficient (Wildman–Crippen LogP) is 5.58. The minimum absolute atomic E-state index is 0.243. The van der Waals surface area contributed by atoms with Crippen molar-refractivity contribution in [3.63, 3.8) is 0 Å². The maximum atomic E-state index is 4.69. The van der Waals surface area contributed by atoms with E-state index in [1.54, 1.807) is 0 Å². The van der Waals surface area contributed by atoms with Gasteiger partial charge in [-0.05, 0) is 44.0 Å². The van der Waals surface area contributed by atoms with E-state index in [2.05, 4.69) is 91.1 Å². The molecular weight excluding hydrogens is 306 g/mol. The first-order valence-corrected chi connectivity index (χ1v) is 9.05. The lowest BCUT2D eigenvalue weighted by molar-refractivity contribution is 0.621. The first kappa shape index (κ1) is 15.9. The van der Waals surface area contributed by atoms with Crippen molar-refractivity contribution in [3.05, 3.63) is 65.4 Å². The van der Waals surface area contributed by atoms with Crippen LogP contribution in [0.15, 0.2) is 53.5 Å². The molecule has 1 aliphatic heterocycles. The molecule has 0 saturated carbocycles. The van der Waals surface area contributed by atoms with Crippen molar-refractivity contribution in [2.75, 3.05) is 4.90 Å². The number of hydrogen-bond acceptors (Lipinski definition) is 1. The summed E-state index contributed by atoms with van der Waals surface area (Å²) in [4.78, 5) is 10.7. The summed E-state index contributed by atoms with van der Waals surface area (Å²) in [5, 5.41) is 1.31. The zero-order valence-electron chi connectivity index (χ0n) is 15.3. The van der Waals surface area contributed by atoms with Crippen LogP contribution in [0.25, 0.3) is 10.9 Å². The van der Waals surface area contributed by atoms with Crippen LogP contribution in [-0.2, 0) is 0 Å². The van der Waals surface area contributed by atoms with Crippen LogP contribution in [0.2, 0.25) is 0 Å². The van der Waals surface area contributed by atoms with Gasteiger partial charge in [-0.1, -0.05) is 43.3 Å². The normalized spacial score (nSPS) is 20.1. The highest BCUT2D eigenvalue weighted by Gasteiger charge is 2.37. The van der Waals surface area contributed by atoms with Crippen molar-refractivity contribution in [1.82, 2.24) is 4.98 Å². The Bertz CT molecular complexity index is 935. The lowest BCUT2D eigenvalue weighted by atomic mass is 9.93. The molecule has 0 saturated heterocycles. The maximum absolute atomic E-state index is 4.69. The number of hydrogen-bond donors (Lipinski definition) is 1. The summed E-state index contributed by atoms with van der Waals surface area (Å²) in [6.45, 7) is 8.77. The predicted molar refractivity (Wildman–Crippen MR) is 107 cm³/mol. The second kappa shape index (κ2) is 6.07. The molecule has 0 aliphatic carbocycles. The molecular formula is C22H25N3. The summed E-state index contributed by atoms with van der Waals surface area (Å²) in [5.74, 6) is 0.404. The van der Waals surface area contributed by atoms with Crippen LogP contribution in [0.4, 0.5) is 5.69 Å². The highest BCUT2D eigenvalue weighted by Crippen LogP contribution is 2.49. The quantitative estimate of drug-likeness (QED) is 0.493. The van der Waals surface area contributed by atoms with Gasteiger partial charge in [-0.15, -0.1) is 0 Å². The molecule has 2 unspecified atom stereocenters. The number of fused-ring (bicyclic) bond motifs is 2. The SMILES string of the molecule is Cc1c(C2C(C)c3ccccc3N2/C=N/C(C)C)[nH]c2ccccc12. The Morgan fingerprint density at radius 2 is 1.80 bits per heavy atom. The smallest absolute Gasteiger partial charge is 0.0904 e. The fourth-order valence-electron chi connectivity index (χ4n) is 4.00. The van der Waals surface area contributed by atoms with Crippen molar-refractivity contribution in [3.8, 4) is 0 Å². The Morgan fingerprint density at radius 1 is 1.08 bits per heavy atom. The maximum Gasteiger partial charge on any atom is 0.0904 e. The molecule has 3 aromatic rings. The third kappa shape index (κ3) is 2.55. The first-order valence-electron chi connectivity index (χ1n) is 9.05. The van der Waals surface area contributed by atoms with Gasteiger partial charge in [-0.2, -0.15) is 0 Å². The molecule has 3 heteroatoms. The number of aromatic nitrogens is 1. The zero-order chi connectivity index (χ0) is 17.6. The van der Waals surface area contributed by atoms with Gasteiger partial charge in [0.25, 0.3) is 0 Å². The van der Waals surface area contributed by atoms with Gasteiger partial charge in [0, 0.05) is 34.2 Å². The van der Waals surface area contributed by atoms with Crippen LogP contribution < -0.4 is 4.90 Å². The van der Waals surface area contributed by atoms with Gasteiger partial charge in [0.05, 0.1) is 12.4 Å². The standard InChI is InChI=1S/C22H25N3/c1-14(2)23-13-25-20-12-8-6-10-18(20)16(4)22(25)21-15(3)17-9-5-7-11-19(17)24-21/h5-14,16,22,24H,1-4H3/b23-13+. The van der Waals surface area contributed by atoms with Gasteiger partial charge in [-0.25, -0.2) is 0 Å². The zero-order valence-corrected chi connectivity index (χ0v) is 15.3. The van der Waals surface area contributed by atoms with Crippen molar-refractivity contribution in [1.29, 1.82) is 0 Å². The number of para-hydroxylation sites is 2. The molecule has 2 aromatic carbocycles. The number of aryl methyl sites for hydroxylation is 1. The number of benzene rings is 2. The molecule has 0 bridgehead atoms. The summed E-state index contributed by atoms with van der Waals surface area (Å²) >= 11 is 0. The number of anilines is 1. The van der Waals surface area contributed by atoms with E-state index in [0.29, 0.717) is 5.92 Å². The van der Waals surface area contributed by atoms with E-state index in [4.69, 9.17) is 0 Å². The summed E-state index contributed by atoms with van der Waals surface area (Å²) in [6, 6.07) is 17.8. The van der Waals surface area contributed by atoms with Crippen LogP contribution in [0.1, 0.15) is 49.6 Å². The molecule has 2 heterocycles. The second-order valence-electron chi connectivity index (χ2n) is 7.27. The fraction of sp³-hybridized carbons (Fsp3) is 0.318. The van der Waals surface area contributed by atoms with E-state index in [1.165, 1.54) is 33.4 Å². The highest BCUT2D eigenvalue weighted by atomic mass is 15.2. The molecule has 0 fully saturated rings. The molecule has 4 rings (SSSR count). The molecule has 1 aliphatic rings. The number of H-pyrrole nitrogens is 1. The van der Waals surface area contributed by atoms with Gasteiger partial charge in [0.2, 0.25) is 0 Å². The molecule has 0 spiro atoms. The molecule has 1 aromatic heterocycles. The van der Waals surface area contributed by atoms with E-state index in [-0.39, 0.29) is 12.1 Å². The monoisotopic (exact) mass is 331 g/mol. The Hall–Kier alpha value is -2.55. The topological polar surface area (TPSA) is 31.4 Å². The lowest BCUT2D eigenvalue weighted by Gasteiger charge is -2.26. The van der Waals surface area contributed by atoms with E-state index in [9.17, 15) is 0 Å². The van der Waals surface area contributed by atoms with Gasteiger partial charge in [-0.3, -0.25) is 4.99 Å². The summed E-state index contributed by atoms with van der Waals surface area (Å²) in [5.41, 5.74) is 6.49. The largest absolute Gasteiger partial charge is 0.356 e. The van der Waals surface area contributed by atoms with Gasteiger partial charge in [0.15, 0.2) is 0 Å². The highest BCUT2D eigenvalue weighted by molar-refractivity contribution is 5.88. The van der Waals surface area contributed by atoms with E-state index < -0.39 is 0 Å². The van der Waals surface area contributed by atoms with E-state index >= 15 is 0 Å². The van der Waals surface area contributed by atoms with Crippen LogP contribution in [0, 0.1) is 6.92 Å². The molecule has 0 radical (unpaired) electrons. The second-order valence-corrected chi connectivity index (χ2v) is 7.27. The molecule has 25 heavy (non-hydrogen) atoms. The van der Waals surface area contributed by atoms with Crippen molar-refractivity contribution in [2.24, 2.45) is 4.99 Å². The van der Waals surface area contributed by atoms with Gasteiger partial charge < -0.3 is 9.88 Å². The Labute approximate surface area is 149 Å². The third-order valence-electron chi connectivity index (χ3n) is 5.27. The third-order valence-corrected chi connectivity index (χ3v) is 5.27. The van der Waals surface area contributed by atoms with E-state index in [1.807, 2.05) is 6.34 Å². The average molecular weight is 331 g/mol. The first-order chi connectivity index (χ1) is 12.1. The number of rotatable bonds is 3.